The van der Waals surface area contributed by atoms with Gasteiger partial charge in [-0.1, -0.05) is 17.7 Å². The number of likely N-dealkylation sites (tertiary alicyclic amines) is 1. The van der Waals surface area contributed by atoms with E-state index in [-0.39, 0.29) is 5.91 Å². The standard InChI is InChI=1S/C14H17ClN2O2/c1-2-19-12-7-10-6-9(12)8-17(10)14(18)11-4-3-5-13(15)16-11/h3-5,9-10,12H,2,6-8H2,1H3/t9?,10?,12-/m0/s1. The van der Waals surface area contributed by atoms with Crippen LogP contribution in [0.1, 0.15) is 30.3 Å². The zero-order valence-corrected chi connectivity index (χ0v) is 11.6. The molecule has 2 aliphatic rings. The van der Waals surface area contributed by atoms with Crippen molar-refractivity contribution in [3.63, 3.8) is 0 Å². The monoisotopic (exact) mass is 280 g/mol. The Morgan fingerprint density at radius 2 is 2.37 bits per heavy atom. The van der Waals surface area contributed by atoms with E-state index < -0.39 is 0 Å². The van der Waals surface area contributed by atoms with E-state index in [1.54, 1.807) is 18.2 Å². The molecule has 2 heterocycles. The molecule has 1 aliphatic heterocycles. The molecule has 0 radical (unpaired) electrons. The number of fused-ring (bicyclic) bond motifs is 2. The lowest BCUT2D eigenvalue weighted by molar-refractivity contribution is 0.00741. The van der Waals surface area contributed by atoms with Crippen molar-refractivity contribution in [3.8, 4) is 0 Å². The van der Waals surface area contributed by atoms with Gasteiger partial charge in [-0.3, -0.25) is 4.79 Å². The van der Waals surface area contributed by atoms with E-state index in [0.717, 1.165) is 26.0 Å². The molecule has 1 aliphatic carbocycles. The number of aromatic nitrogens is 1. The number of rotatable bonds is 3. The summed E-state index contributed by atoms with van der Waals surface area (Å²) in [5.41, 5.74) is 0.438. The first kappa shape index (κ1) is 12.9. The summed E-state index contributed by atoms with van der Waals surface area (Å²) in [5, 5.41) is 0.363. The predicted octanol–water partition coefficient (Wildman–Crippen LogP) is 2.37. The molecule has 4 nitrogen and oxygen atoms in total. The van der Waals surface area contributed by atoms with Crippen LogP contribution in [-0.2, 0) is 4.74 Å². The number of hydrogen-bond acceptors (Lipinski definition) is 3. The van der Waals surface area contributed by atoms with E-state index >= 15 is 0 Å². The summed E-state index contributed by atoms with van der Waals surface area (Å²) in [4.78, 5) is 18.4. The summed E-state index contributed by atoms with van der Waals surface area (Å²) in [6.07, 6.45) is 2.33. The van der Waals surface area contributed by atoms with Gasteiger partial charge in [0.2, 0.25) is 0 Å². The summed E-state index contributed by atoms with van der Waals surface area (Å²) in [5.74, 6) is 0.470. The Morgan fingerprint density at radius 3 is 3.00 bits per heavy atom. The zero-order valence-electron chi connectivity index (χ0n) is 10.9. The second kappa shape index (κ2) is 5.10. The minimum Gasteiger partial charge on any atom is -0.378 e. The highest BCUT2D eigenvalue weighted by atomic mass is 35.5. The first-order valence-corrected chi connectivity index (χ1v) is 7.12. The zero-order chi connectivity index (χ0) is 13.4. The second-order valence-electron chi connectivity index (χ2n) is 5.18. The minimum atomic E-state index is -0.00931. The minimum absolute atomic E-state index is 0.00931. The highest BCUT2D eigenvalue weighted by Gasteiger charge is 2.47. The molecule has 2 fully saturated rings. The van der Waals surface area contributed by atoms with Crippen LogP contribution in [0.4, 0.5) is 0 Å². The van der Waals surface area contributed by atoms with Crippen LogP contribution in [0.3, 0.4) is 0 Å². The summed E-state index contributed by atoms with van der Waals surface area (Å²) in [6, 6.07) is 5.47. The van der Waals surface area contributed by atoms with Gasteiger partial charge < -0.3 is 9.64 Å². The molecule has 3 rings (SSSR count). The van der Waals surface area contributed by atoms with Crippen molar-refractivity contribution in [2.75, 3.05) is 13.2 Å². The Bertz CT molecular complexity index is 494. The molecule has 1 saturated carbocycles. The van der Waals surface area contributed by atoms with E-state index in [1.165, 1.54) is 0 Å². The number of pyridine rings is 1. The topological polar surface area (TPSA) is 42.4 Å². The molecule has 3 atom stereocenters. The van der Waals surface area contributed by atoms with Gasteiger partial charge in [-0.25, -0.2) is 4.98 Å². The number of ether oxygens (including phenoxy) is 1. The van der Waals surface area contributed by atoms with Gasteiger partial charge in [-0.2, -0.15) is 0 Å². The van der Waals surface area contributed by atoms with Crippen molar-refractivity contribution in [2.45, 2.75) is 31.9 Å². The SMILES string of the molecule is CCO[C@H]1CC2CC1CN2C(=O)c1cccc(Cl)n1. The van der Waals surface area contributed by atoms with Crippen LogP contribution in [0, 0.1) is 5.92 Å². The van der Waals surface area contributed by atoms with E-state index in [4.69, 9.17) is 16.3 Å². The normalized spacial score (nSPS) is 28.9. The molecule has 0 N–H and O–H groups in total. The molecule has 1 aromatic heterocycles. The number of piperidine rings is 1. The van der Waals surface area contributed by atoms with Crippen LogP contribution in [0.2, 0.25) is 5.15 Å². The molecule has 5 heteroatoms. The summed E-state index contributed by atoms with van der Waals surface area (Å²) in [6.45, 7) is 3.55. The predicted molar refractivity (Wildman–Crippen MR) is 72.2 cm³/mol. The average molecular weight is 281 g/mol. The van der Waals surface area contributed by atoms with Crippen molar-refractivity contribution in [1.29, 1.82) is 0 Å². The largest absolute Gasteiger partial charge is 0.378 e. The molecule has 19 heavy (non-hydrogen) atoms. The molecule has 1 amide bonds. The van der Waals surface area contributed by atoms with Gasteiger partial charge in [-0.05, 0) is 31.9 Å². The van der Waals surface area contributed by atoms with Gasteiger partial charge in [0.05, 0.1) is 6.10 Å². The number of hydrogen-bond donors (Lipinski definition) is 0. The third-order valence-corrected chi connectivity index (χ3v) is 4.26. The average Bonchev–Trinajstić information content (AvgIpc) is 2.98. The van der Waals surface area contributed by atoms with Crippen LogP contribution >= 0.6 is 11.6 Å². The molecule has 1 saturated heterocycles. The van der Waals surface area contributed by atoms with Gasteiger partial charge in [-0.15, -0.1) is 0 Å². The van der Waals surface area contributed by atoms with Crippen LogP contribution in [-0.4, -0.2) is 41.1 Å². The molecule has 102 valence electrons. The van der Waals surface area contributed by atoms with Gasteiger partial charge in [0, 0.05) is 25.1 Å². The van der Waals surface area contributed by atoms with Crippen LogP contribution in [0.25, 0.3) is 0 Å². The maximum atomic E-state index is 12.4. The Morgan fingerprint density at radius 1 is 1.53 bits per heavy atom. The molecule has 1 aromatic rings. The maximum Gasteiger partial charge on any atom is 0.272 e. The highest BCUT2D eigenvalue weighted by Crippen LogP contribution is 2.40. The lowest BCUT2D eigenvalue weighted by Crippen LogP contribution is -2.42. The van der Waals surface area contributed by atoms with Crippen molar-refractivity contribution in [1.82, 2.24) is 9.88 Å². The number of amides is 1. The van der Waals surface area contributed by atoms with Crippen LogP contribution < -0.4 is 0 Å². The smallest absolute Gasteiger partial charge is 0.272 e. The molecule has 0 aromatic carbocycles. The Kier molecular flexibility index (Phi) is 3.46. The number of carbonyl (C=O) groups is 1. The van der Waals surface area contributed by atoms with E-state index in [2.05, 4.69) is 4.98 Å². The fourth-order valence-electron chi connectivity index (χ4n) is 3.25. The molecule has 0 spiro atoms. The number of carbonyl (C=O) groups excluding carboxylic acids is 1. The van der Waals surface area contributed by atoms with Gasteiger partial charge in [0.15, 0.2) is 0 Å². The fourth-order valence-corrected chi connectivity index (χ4v) is 3.41. The first-order chi connectivity index (χ1) is 9.19. The summed E-state index contributed by atoms with van der Waals surface area (Å²) in [7, 11) is 0. The summed E-state index contributed by atoms with van der Waals surface area (Å²) >= 11 is 5.84. The highest BCUT2D eigenvalue weighted by molar-refractivity contribution is 6.29. The lowest BCUT2D eigenvalue weighted by Gasteiger charge is -2.31. The third-order valence-electron chi connectivity index (χ3n) is 4.05. The van der Waals surface area contributed by atoms with Crippen LogP contribution in [0.15, 0.2) is 18.2 Å². The Labute approximate surface area is 117 Å². The van der Waals surface area contributed by atoms with Gasteiger partial charge in [0.25, 0.3) is 5.91 Å². The first-order valence-electron chi connectivity index (χ1n) is 6.74. The molecular formula is C14H17ClN2O2. The number of halogens is 1. The maximum absolute atomic E-state index is 12.4. The Hall–Kier alpha value is -1.13. The second-order valence-corrected chi connectivity index (χ2v) is 5.57. The third kappa shape index (κ3) is 2.35. The van der Waals surface area contributed by atoms with Crippen molar-refractivity contribution < 1.29 is 9.53 Å². The summed E-state index contributed by atoms with van der Waals surface area (Å²) < 4.78 is 5.71. The lowest BCUT2D eigenvalue weighted by atomic mass is 10.1. The van der Waals surface area contributed by atoms with Crippen molar-refractivity contribution >= 4 is 17.5 Å². The fraction of sp³-hybridized carbons (Fsp3) is 0.571. The van der Waals surface area contributed by atoms with Crippen molar-refractivity contribution in [2.24, 2.45) is 5.92 Å². The molecular weight excluding hydrogens is 264 g/mol. The van der Waals surface area contributed by atoms with Crippen molar-refractivity contribution in [3.05, 3.63) is 29.0 Å². The van der Waals surface area contributed by atoms with Gasteiger partial charge in [0.1, 0.15) is 10.8 Å². The van der Waals surface area contributed by atoms with Crippen LogP contribution in [0.5, 0.6) is 0 Å². The van der Waals surface area contributed by atoms with E-state index in [1.807, 2.05) is 11.8 Å². The van der Waals surface area contributed by atoms with E-state index in [0.29, 0.717) is 28.9 Å². The van der Waals surface area contributed by atoms with Gasteiger partial charge >= 0.3 is 0 Å². The quantitative estimate of drug-likeness (QED) is 0.799. The number of nitrogens with zero attached hydrogens (tertiary/aromatic N) is 2. The molecule has 2 bridgehead atoms. The molecule has 2 unspecified atom stereocenters. The van der Waals surface area contributed by atoms with E-state index in [9.17, 15) is 4.79 Å². The Balaban J connectivity index is 1.71.